The quantitative estimate of drug-likeness (QED) is 0.898. The predicted molar refractivity (Wildman–Crippen MR) is 98.7 cm³/mol. The van der Waals surface area contributed by atoms with E-state index in [0.717, 1.165) is 36.3 Å². The molecule has 2 nitrogen and oxygen atoms in total. The molecule has 1 aliphatic heterocycles. The number of nitrogens with one attached hydrogen (secondary N) is 1. The van der Waals surface area contributed by atoms with Crippen LogP contribution in [0.3, 0.4) is 0 Å². The SMILES string of the molecule is CC1CC(NC2CC3CC2C2CCCC32)CN1Cc1ccccc1. The average molecular weight is 325 g/mol. The van der Waals surface area contributed by atoms with Crippen LogP contribution in [0.15, 0.2) is 30.3 Å². The van der Waals surface area contributed by atoms with Crippen LogP contribution in [0, 0.1) is 23.7 Å². The Balaban J connectivity index is 1.19. The third kappa shape index (κ3) is 2.63. The second-order valence-electron chi connectivity index (χ2n) is 9.12. The van der Waals surface area contributed by atoms with Crippen molar-refractivity contribution in [1.29, 1.82) is 0 Å². The van der Waals surface area contributed by atoms with Crippen molar-refractivity contribution in [2.24, 2.45) is 23.7 Å². The van der Waals surface area contributed by atoms with Crippen LogP contribution in [0.5, 0.6) is 0 Å². The second-order valence-corrected chi connectivity index (χ2v) is 9.12. The highest BCUT2D eigenvalue weighted by Crippen LogP contribution is 2.58. The van der Waals surface area contributed by atoms with E-state index < -0.39 is 0 Å². The zero-order chi connectivity index (χ0) is 16.1. The molecule has 2 bridgehead atoms. The molecule has 1 aromatic carbocycles. The molecule has 1 aromatic rings. The first-order valence-electron chi connectivity index (χ1n) is 10.3. The van der Waals surface area contributed by atoms with Gasteiger partial charge in [-0.2, -0.15) is 0 Å². The van der Waals surface area contributed by atoms with E-state index in [1.165, 1.54) is 37.8 Å². The summed E-state index contributed by atoms with van der Waals surface area (Å²) in [6, 6.07) is 13.2. The second kappa shape index (κ2) is 6.14. The van der Waals surface area contributed by atoms with Crippen LogP contribution in [0.4, 0.5) is 0 Å². The third-order valence-electron chi connectivity index (χ3n) is 7.81. The van der Waals surface area contributed by atoms with Crippen LogP contribution < -0.4 is 5.32 Å². The van der Waals surface area contributed by atoms with Gasteiger partial charge < -0.3 is 5.32 Å². The van der Waals surface area contributed by atoms with Crippen molar-refractivity contribution in [2.75, 3.05) is 6.54 Å². The van der Waals surface area contributed by atoms with Gasteiger partial charge >= 0.3 is 0 Å². The summed E-state index contributed by atoms with van der Waals surface area (Å²) in [6.45, 7) is 4.76. The Bertz CT molecular complexity index is 571. The van der Waals surface area contributed by atoms with Gasteiger partial charge in [-0.05, 0) is 68.3 Å². The number of nitrogens with zero attached hydrogens (tertiary/aromatic N) is 1. The van der Waals surface area contributed by atoms with Crippen molar-refractivity contribution in [2.45, 2.75) is 70.1 Å². The van der Waals surface area contributed by atoms with Gasteiger partial charge in [0.2, 0.25) is 0 Å². The topological polar surface area (TPSA) is 15.3 Å². The molecule has 3 saturated carbocycles. The summed E-state index contributed by atoms with van der Waals surface area (Å²) in [5.74, 6) is 4.28. The molecular weight excluding hydrogens is 292 g/mol. The lowest BCUT2D eigenvalue weighted by Gasteiger charge is -2.34. The van der Waals surface area contributed by atoms with Crippen molar-refractivity contribution in [3.63, 3.8) is 0 Å². The molecule has 130 valence electrons. The third-order valence-corrected chi connectivity index (χ3v) is 7.81. The molecule has 0 spiro atoms. The van der Waals surface area contributed by atoms with E-state index in [-0.39, 0.29) is 0 Å². The van der Waals surface area contributed by atoms with Crippen LogP contribution in [-0.4, -0.2) is 29.6 Å². The average Bonchev–Trinajstić information content (AvgIpc) is 3.32. The minimum atomic E-state index is 0.709. The Hall–Kier alpha value is -0.860. The van der Waals surface area contributed by atoms with E-state index in [2.05, 4.69) is 47.5 Å². The van der Waals surface area contributed by atoms with Crippen molar-refractivity contribution in [3.8, 4) is 0 Å². The molecule has 24 heavy (non-hydrogen) atoms. The molecule has 0 radical (unpaired) electrons. The first-order valence-corrected chi connectivity index (χ1v) is 10.3. The Morgan fingerprint density at radius 3 is 2.71 bits per heavy atom. The van der Waals surface area contributed by atoms with Crippen molar-refractivity contribution >= 4 is 0 Å². The minimum absolute atomic E-state index is 0.709. The summed E-state index contributed by atoms with van der Waals surface area (Å²) >= 11 is 0. The Morgan fingerprint density at radius 2 is 1.83 bits per heavy atom. The summed E-state index contributed by atoms with van der Waals surface area (Å²) in [5.41, 5.74) is 1.46. The van der Waals surface area contributed by atoms with E-state index in [1.54, 1.807) is 12.8 Å². The monoisotopic (exact) mass is 324 g/mol. The van der Waals surface area contributed by atoms with Gasteiger partial charge in [0.05, 0.1) is 0 Å². The van der Waals surface area contributed by atoms with Gasteiger partial charge in [-0.3, -0.25) is 4.90 Å². The summed E-state index contributed by atoms with van der Waals surface area (Å²) in [4.78, 5) is 2.68. The molecule has 5 rings (SSSR count). The fourth-order valence-corrected chi connectivity index (χ4v) is 6.82. The van der Waals surface area contributed by atoms with Gasteiger partial charge in [0, 0.05) is 31.2 Å². The molecule has 0 aromatic heterocycles. The van der Waals surface area contributed by atoms with Crippen molar-refractivity contribution < 1.29 is 0 Å². The van der Waals surface area contributed by atoms with E-state index in [4.69, 9.17) is 0 Å². The Labute approximate surface area is 147 Å². The van der Waals surface area contributed by atoms with E-state index in [0.29, 0.717) is 12.1 Å². The fraction of sp³-hybridized carbons (Fsp3) is 0.727. The van der Waals surface area contributed by atoms with Gasteiger partial charge in [-0.15, -0.1) is 0 Å². The molecule has 7 unspecified atom stereocenters. The first kappa shape index (κ1) is 15.4. The lowest BCUT2D eigenvalue weighted by Crippen LogP contribution is -2.45. The summed E-state index contributed by atoms with van der Waals surface area (Å²) in [5, 5.41) is 4.13. The molecule has 4 aliphatic rings. The van der Waals surface area contributed by atoms with E-state index in [1.807, 2.05) is 0 Å². The van der Waals surface area contributed by atoms with Crippen molar-refractivity contribution in [3.05, 3.63) is 35.9 Å². The molecule has 0 amide bonds. The van der Waals surface area contributed by atoms with E-state index >= 15 is 0 Å². The van der Waals surface area contributed by atoms with Gasteiger partial charge in [0.15, 0.2) is 0 Å². The van der Waals surface area contributed by atoms with Gasteiger partial charge in [-0.25, -0.2) is 0 Å². The maximum absolute atomic E-state index is 4.13. The highest BCUT2D eigenvalue weighted by atomic mass is 15.2. The number of fused-ring (bicyclic) bond motifs is 5. The molecule has 4 fully saturated rings. The van der Waals surface area contributed by atoms with Crippen LogP contribution >= 0.6 is 0 Å². The zero-order valence-corrected chi connectivity index (χ0v) is 15.0. The van der Waals surface area contributed by atoms with Crippen molar-refractivity contribution in [1.82, 2.24) is 10.2 Å². The molecule has 1 N–H and O–H groups in total. The van der Waals surface area contributed by atoms with Crippen LogP contribution in [0.25, 0.3) is 0 Å². The highest BCUT2D eigenvalue weighted by molar-refractivity contribution is 5.15. The number of rotatable bonds is 4. The Kier molecular flexibility index (Phi) is 3.94. The standard InChI is InChI=1S/C22H32N2/c1-15-10-18(14-24(15)13-16-6-3-2-4-7-16)23-22-12-17-11-21(22)20-9-5-8-19(17)20/h2-4,6-7,15,17-23H,5,8-14H2,1H3. The van der Waals surface area contributed by atoms with Crippen LogP contribution in [0.1, 0.15) is 51.0 Å². The Morgan fingerprint density at radius 1 is 1.00 bits per heavy atom. The number of hydrogen-bond donors (Lipinski definition) is 1. The zero-order valence-electron chi connectivity index (χ0n) is 15.0. The highest BCUT2D eigenvalue weighted by Gasteiger charge is 2.54. The molecular formula is C22H32N2. The molecule has 7 atom stereocenters. The smallest absolute Gasteiger partial charge is 0.0237 e. The first-order chi connectivity index (χ1) is 11.8. The molecule has 1 heterocycles. The van der Waals surface area contributed by atoms with Gasteiger partial charge in [-0.1, -0.05) is 36.8 Å². The fourth-order valence-electron chi connectivity index (χ4n) is 6.82. The minimum Gasteiger partial charge on any atom is -0.310 e. The summed E-state index contributed by atoms with van der Waals surface area (Å²) in [6.07, 6.45) is 8.95. The molecule has 1 saturated heterocycles. The van der Waals surface area contributed by atoms with Crippen LogP contribution in [0.2, 0.25) is 0 Å². The van der Waals surface area contributed by atoms with Gasteiger partial charge in [0.25, 0.3) is 0 Å². The summed E-state index contributed by atoms with van der Waals surface area (Å²) in [7, 11) is 0. The maximum Gasteiger partial charge on any atom is 0.0237 e. The van der Waals surface area contributed by atoms with Crippen LogP contribution in [-0.2, 0) is 6.54 Å². The summed E-state index contributed by atoms with van der Waals surface area (Å²) < 4.78 is 0. The molecule has 2 heteroatoms. The lowest BCUT2D eigenvalue weighted by atomic mass is 9.79. The lowest BCUT2D eigenvalue weighted by molar-refractivity contribution is 0.196. The maximum atomic E-state index is 4.13. The molecule has 3 aliphatic carbocycles. The number of likely N-dealkylation sites (tertiary alicyclic amines) is 1. The largest absolute Gasteiger partial charge is 0.310 e. The number of hydrogen-bond acceptors (Lipinski definition) is 2. The predicted octanol–water partition coefficient (Wildman–Crippen LogP) is 4.06. The normalized spacial score (nSPS) is 44.3. The number of benzene rings is 1. The van der Waals surface area contributed by atoms with E-state index in [9.17, 15) is 0 Å². The van der Waals surface area contributed by atoms with Gasteiger partial charge in [0.1, 0.15) is 0 Å².